The first-order valence-corrected chi connectivity index (χ1v) is 5.31. The van der Waals surface area contributed by atoms with Crippen molar-refractivity contribution in [2.75, 3.05) is 39.8 Å². The van der Waals surface area contributed by atoms with Crippen LogP contribution in [0.4, 0.5) is 0 Å². The summed E-state index contributed by atoms with van der Waals surface area (Å²) in [4.78, 5) is 14.9. The van der Waals surface area contributed by atoms with E-state index in [1.807, 2.05) is 7.05 Å². The van der Waals surface area contributed by atoms with E-state index >= 15 is 0 Å². The summed E-state index contributed by atoms with van der Waals surface area (Å²) >= 11 is 0. The highest BCUT2D eigenvalue weighted by Gasteiger charge is 2.11. The fourth-order valence-electron chi connectivity index (χ4n) is 1.72. The fourth-order valence-corrected chi connectivity index (χ4v) is 1.72. The highest BCUT2D eigenvalue weighted by atomic mass is 16.4. The molecule has 0 saturated carbocycles. The van der Waals surface area contributed by atoms with Crippen LogP contribution in [0.1, 0.15) is 19.3 Å². The topological polar surface area (TPSA) is 43.8 Å². The first-order valence-electron chi connectivity index (χ1n) is 5.31. The lowest BCUT2D eigenvalue weighted by molar-refractivity contribution is -0.137. The van der Waals surface area contributed by atoms with Gasteiger partial charge in [-0.25, -0.2) is 0 Å². The molecule has 0 aromatic carbocycles. The van der Waals surface area contributed by atoms with Crippen molar-refractivity contribution in [3.8, 4) is 0 Å². The maximum absolute atomic E-state index is 10.3. The van der Waals surface area contributed by atoms with Crippen LogP contribution in [0, 0.1) is 0 Å². The summed E-state index contributed by atoms with van der Waals surface area (Å²) < 4.78 is 0. The number of hydrogen-bond donors (Lipinski definition) is 1. The van der Waals surface area contributed by atoms with E-state index in [0.29, 0.717) is 6.54 Å². The van der Waals surface area contributed by atoms with Crippen LogP contribution < -0.4 is 0 Å². The van der Waals surface area contributed by atoms with Crippen molar-refractivity contribution in [2.45, 2.75) is 19.3 Å². The van der Waals surface area contributed by atoms with Crippen LogP contribution in [0.25, 0.3) is 0 Å². The van der Waals surface area contributed by atoms with Crippen molar-refractivity contribution < 1.29 is 9.90 Å². The van der Waals surface area contributed by atoms with Gasteiger partial charge in [-0.2, -0.15) is 0 Å². The highest BCUT2D eigenvalue weighted by molar-refractivity contribution is 5.66. The van der Waals surface area contributed by atoms with Gasteiger partial charge in [0.2, 0.25) is 0 Å². The number of carboxylic acids is 1. The smallest absolute Gasteiger partial charge is 0.304 e. The van der Waals surface area contributed by atoms with E-state index in [4.69, 9.17) is 5.11 Å². The fraction of sp³-hybridized carbons (Fsp3) is 0.900. The molecule has 0 unspecified atom stereocenters. The molecule has 1 aliphatic rings. The van der Waals surface area contributed by atoms with Gasteiger partial charge in [-0.05, 0) is 33.0 Å². The van der Waals surface area contributed by atoms with E-state index in [0.717, 1.165) is 13.1 Å². The van der Waals surface area contributed by atoms with Gasteiger partial charge in [0.25, 0.3) is 0 Å². The predicted molar refractivity (Wildman–Crippen MR) is 55.4 cm³/mol. The van der Waals surface area contributed by atoms with Crippen molar-refractivity contribution in [1.29, 1.82) is 0 Å². The van der Waals surface area contributed by atoms with Gasteiger partial charge in [0.05, 0.1) is 6.42 Å². The van der Waals surface area contributed by atoms with Crippen LogP contribution in [0.2, 0.25) is 0 Å². The molecule has 0 amide bonds. The summed E-state index contributed by atoms with van der Waals surface area (Å²) in [5.41, 5.74) is 0. The Bertz CT molecular complexity index is 179. The first kappa shape index (κ1) is 11.5. The summed E-state index contributed by atoms with van der Waals surface area (Å²) in [7, 11) is 1.99. The Hall–Kier alpha value is -0.610. The van der Waals surface area contributed by atoms with Gasteiger partial charge in [-0.1, -0.05) is 0 Å². The lowest BCUT2D eigenvalue weighted by atomic mass is 10.4. The first-order chi connectivity index (χ1) is 6.68. The molecule has 0 aromatic heterocycles. The average Bonchev–Trinajstić information content (AvgIpc) is 2.63. The predicted octanol–water partition coefficient (Wildman–Crippen LogP) is 0.489. The Kier molecular flexibility index (Phi) is 4.90. The molecule has 82 valence electrons. The van der Waals surface area contributed by atoms with Gasteiger partial charge in [0.1, 0.15) is 0 Å². The van der Waals surface area contributed by atoms with E-state index in [2.05, 4.69) is 9.80 Å². The maximum atomic E-state index is 10.3. The molecule has 4 nitrogen and oxygen atoms in total. The zero-order chi connectivity index (χ0) is 10.4. The summed E-state index contributed by atoms with van der Waals surface area (Å²) in [5, 5.41) is 8.51. The standard InChI is InChI=1S/C10H20N2O2/c1-11(7-4-10(13)14)8-9-12-5-2-3-6-12/h2-9H2,1H3,(H,13,14). The molecule has 0 radical (unpaired) electrons. The SMILES string of the molecule is CN(CCC(=O)O)CCN1CCCC1. The minimum atomic E-state index is -0.710. The van der Waals surface area contributed by atoms with Gasteiger partial charge >= 0.3 is 5.97 Å². The van der Waals surface area contributed by atoms with E-state index in [1.165, 1.54) is 25.9 Å². The number of likely N-dealkylation sites (tertiary alicyclic amines) is 1. The van der Waals surface area contributed by atoms with Gasteiger partial charge in [0.15, 0.2) is 0 Å². The summed E-state index contributed by atoms with van der Waals surface area (Å²) in [6.45, 7) is 5.14. The highest BCUT2D eigenvalue weighted by Crippen LogP contribution is 2.06. The van der Waals surface area contributed by atoms with Gasteiger partial charge < -0.3 is 14.9 Å². The Morgan fingerprint density at radius 1 is 1.36 bits per heavy atom. The lowest BCUT2D eigenvalue weighted by Crippen LogP contribution is -2.32. The molecule has 1 fully saturated rings. The third kappa shape index (κ3) is 4.58. The van der Waals surface area contributed by atoms with Crippen LogP contribution in [0.15, 0.2) is 0 Å². The summed E-state index contributed by atoms with van der Waals surface area (Å²) in [6.07, 6.45) is 2.88. The number of rotatable bonds is 6. The van der Waals surface area contributed by atoms with Crippen molar-refractivity contribution in [3.05, 3.63) is 0 Å². The average molecular weight is 200 g/mol. The number of hydrogen-bond acceptors (Lipinski definition) is 3. The van der Waals surface area contributed by atoms with E-state index in [9.17, 15) is 4.79 Å². The minimum absolute atomic E-state index is 0.247. The number of nitrogens with zero attached hydrogens (tertiary/aromatic N) is 2. The molecule has 0 bridgehead atoms. The second kappa shape index (κ2) is 5.98. The third-order valence-electron chi connectivity index (χ3n) is 2.70. The Morgan fingerprint density at radius 2 is 2.00 bits per heavy atom. The molecule has 0 aliphatic carbocycles. The molecule has 0 atom stereocenters. The van der Waals surface area contributed by atoms with Gasteiger partial charge in [-0.15, -0.1) is 0 Å². The number of likely N-dealkylation sites (N-methyl/N-ethyl adjacent to an activating group) is 1. The number of aliphatic carboxylic acids is 1. The molecular weight excluding hydrogens is 180 g/mol. The molecule has 1 heterocycles. The molecule has 1 rings (SSSR count). The molecule has 4 heteroatoms. The Balaban J connectivity index is 2.02. The quantitative estimate of drug-likeness (QED) is 0.677. The molecule has 14 heavy (non-hydrogen) atoms. The van der Waals surface area contributed by atoms with E-state index in [1.54, 1.807) is 0 Å². The Morgan fingerprint density at radius 3 is 2.57 bits per heavy atom. The second-order valence-electron chi connectivity index (χ2n) is 4.00. The summed E-state index contributed by atoms with van der Waals surface area (Å²) in [6, 6.07) is 0. The molecule has 0 spiro atoms. The van der Waals surface area contributed by atoms with Crippen molar-refractivity contribution in [3.63, 3.8) is 0 Å². The van der Waals surface area contributed by atoms with Gasteiger partial charge in [-0.3, -0.25) is 4.79 Å². The minimum Gasteiger partial charge on any atom is -0.481 e. The number of carbonyl (C=O) groups is 1. The van der Waals surface area contributed by atoms with Crippen LogP contribution >= 0.6 is 0 Å². The molecule has 0 aromatic rings. The number of carboxylic acid groups (broad SMARTS) is 1. The van der Waals surface area contributed by atoms with Crippen molar-refractivity contribution >= 4 is 5.97 Å². The largest absolute Gasteiger partial charge is 0.481 e. The van der Waals surface area contributed by atoms with Crippen LogP contribution in [0.3, 0.4) is 0 Å². The van der Waals surface area contributed by atoms with Crippen LogP contribution in [0.5, 0.6) is 0 Å². The van der Waals surface area contributed by atoms with Crippen LogP contribution in [-0.2, 0) is 4.79 Å². The molecule has 1 N–H and O–H groups in total. The van der Waals surface area contributed by atoms with E-state index < -0.39 is 5.97 Å². The molecule has 1 aliphatic heterocycles. The zero-order valence-corrected chi connectivity index (χ0v) is 8.91. The lowest BCUT2D eigenvalue weighted by Gasteiger charge is -2.20. The Labute approximate surface area is 85.5 Å². The summed E-state index contributed by atoms with van der Waals surface area (Å²) in [5.74, 6) is -0.710. The van der Waals surface area contributed by atoms with Crippen molar-refractivity contribution in [2.24, 2.45) is 0 Å². The monoisotopic (exact) mass is 200 g/mol. The maximum Gasteiger partial charge on any atom is 0.304 e. The molecule has 1 saturated heterocycles. The second-order valence-corrected chi connectivity index (χ2v) is 4.00. The van der Waals surface area contributed by atoms with Gasteiger partial charge in [0, 0.05) is 19.6 Å². The van der Waals surface area contributed by atoms with Crippen LogP contribution in [-0.4, -0.2) is 60.6 Å². The third-order valence-corrected chi connectivity index (χ3v) is 2.70. The van der Waals surface area contributed by atoms with Crippen molar-refractivity contribution in [1.82, 2.24) is 9.80 Å². The normalized spacial score (nSPS) is 17.9. The van der Waals surface area contributed by atoms with E-state index in [-0.39, 0.29) is 6.42 Å². The molecular formula is C10H20N2O2. The zero-order valence-electron chi connectivity index (χ0n) is 8.91.